The second kappa shape index (κ2) is 7.25. The van der Waals surface area contributed by atoms with Gasteiger partial charge in [0, 0.05) is 36.0 Å². The maximum Gasteiger partial charge on any atom is 0.0233 e. The van der Waals surface area contributed by atoms with Crippen LogP contribution < -0.4 is 5.32 Å². The molecule has 2 heterocycles. The Labute approximate surface area is 134 Å². The lowest BCUT2D eigenvalue weighted by Crippen LogP contribution is -2.41. The summed E-state index contributed by atoms with van der Waals surface area (Å²) in [7, 11) is 0. The van der Waals surface area contributed by atoms with Gasteiger partial charge in [-0.1, -0.05) is 28.1 Å². The summed E-state index contributed by atoms with van der Waals surface area (Å²) < 4.78 is 1.15. The summed E-state index contributed by atoms with van der Waals surface area (Å²) in [6, 6.07) is 11.5. The summed E-state index contributed by atoms with van der Waals surface area (Å²) >= 11 is 3.49. The first-order valence-electron chi connectivity index (χ1n) is 7.61. The molecular weight excluding hydrogens is 326 g/mol. The fraction of sp³-hybridized carbons (Fsp3) is 0.412. The monoisotopic (exact) mass is 347 g/mol. The normalized spacial score (nSPS) is 17.2. The van der Waals surface area contributed by atoms with Crippen molar-refractivity contribution in [2.24, 2.45) is 0 Å². The van der Waals surface area contributed by atoms with E-state index in [2.05, 4.69) is 67.7 Å². The number of benzene rings is 1. The molecule has 0 aliphatic carbocycles. The topological polar surface area (TPSA) is 31.1 Å². The zero-order valence-electron chi connectivity index (χ0n) is 12.2. The molecule has 1 aliphatic heterocycles. The highest BCUT2D eigenvalue weighted by atomic mass is 79.9. The third-order valence-corrected chi connectivity index (χ3v) is 4.69. The minimum Gasteiger partial charge on any atom is -0.367 e. The first kappa shape index (κ1) is 14.8. The third-order valence-electron chi connectivity index (χ3n) is 4.16. The molecule has 1 aliphatic rings. The minimum atomic E-state index is 0.654. The number of halogens is 1. The van der Waals surface area contributed by atoms with E-state index >= 15 is 0 Å². The van der Waals surface area contributed by atoms with Crippen LogP contribution in [0.2, 0.25) is 0 Å². The number of piperidine rings is 1. The van der Waals surface area contributed by atoms with E-state index in [1.54, 1.807) is 0 Å². The minimum absolute atomic E-state index is 0.654. The van der Waals surface area contributed by atoms with Gasteiger partial charge in [-0.2, -0.15) is 0 Å². The summed E-state index contributed by atoms with van der Waals surface area (Å²) in [5, 5.41) is 3.66. The van der Waals surface area contributed by atoms with Gasteiger partial charge in [-0.25, -0.2) is 0 Å². The summed E-state index contributed by atoms with van der Waals surface area (Å²) in [5.41, 5.74) is 2.74. The van der Waals surface area contributed by atoms with Gasteiger partial charge in [-0.15, -0.1) is 0 Å². The standard InChI is InChI=1S/C17H22BrN3/c18-16-3-1-14(2-4-16)13-21-9-6-17(7-10-21)20-12-15-5-8-19-11-15/h1-5,8,11,17,19-20H,6-7,9-10,12-13H2. The molecule has 0 bridgehead atoms. The molecule has 2 aromatic rings. The van der Waals surface area contributed by atoms with Crippen LogP contribution in [-0.4, -0.2) is 29.0 Å². The summed E-state index contributed by atoms with van der Waals surface area (Å²) in [6.45, 7) is 4.40. The molecule has 1 aromatic carbocycles. The van der Waals surface area contributed by atoms with Crippen molar-refractivity contribution in [1.82, 2.24) is 15.2 Å². The van der Waals surface area contributed by atoms with Gasteiger partial charge in [0.15, 0.2) is 0 Å². The van der Waals surface area contributed by atoms with Gasteiger partial charge in [0.05, 0.1) is 0 Å². The van der Waals surface area contributed by atoms with Crippen molar-refractivity contribution in [1.29, 1.82) is 0 Å². The number of nitrogens with zero attached hydrogens (tertiary/aromatic N) is 1. The molecule has 3 nitrogen and oxygen atoms in total. The molecule has 3 rings (SSSR count). The molecule has 0 atom stereocenters. The van der Waals surface area contributed by atoms with Crippen LogP contribution >= 0.6 is 15.9 Å². The Hall–Kier alpha value is -1.10. The predicted molar refractivity (Wildman–Crippen MR) is 90.1 cm³/mol. The van der Waals surface area contributed by atoms with Crippen LogP contribution in [0, 0.1) is 0 Å². The molecule has 0 radical (unpaired) electrons. The van der Waals surface area contributed by atoms with Gasteiger partial charge in [0.25, 0.3) is 0 Å². The summed E-state index contributed by atoms with van der Waals surface area (Å²) in [6.07, 6.45) is 6.52. The van der Waals surface area contributed by atoms with E-state index < -0.39 is 0 Å². The molecule has 0 unspecified atom stereocenters. The van der Waals surface area contributed by atoms with Crippen LogP contribution in [0.15, 0.2) is 47.2 Å². The van der Waals surface area contributed by atoms with E-state index in [0.717, 1.165) is 17.6 Å². The Morgan fingerprint density at radius 3 is 2.52 bits per heavy atom. The maximum absolute atomic E-state index is 3.66. The molecule has 4 heteroatoms. The van der Waals surface area contributed by atoms with Crippen LogP contribution in [0.4, 0.5) is 0 Å². The van der Waals surface area contributed by atoms with Gasteiger partial charge in [-0.05, 0) is 55.3 Å². The molecule has 1 aromatic heterocycles. The van der Waals surface area contributed by atoms with Crippen molar-refractivity contribution in [3.05, 3.63) is 58.3 Å². The Morgan fingerprint density at radius 1 is 1.10 bits per heavy atom. The Kier molecular flexibility index (Phi) is 5.12. The highest BCUT2D eigenvalue weighted by Crippen LogP contribution is 2.16. The van der Waals surface area contributed by atoms with Crippen molar-refractivity contribution in [3.63, 3.8) is 0 Å². The highest BCUT2D eigenvalue weighted by molar-refractivity contribution is 9.10. The van der Waals surface area contributed by atoms with Crippen LogP contribution in [0.3, 0.4) is 0 Å². The zero-order chi connectivity index (χ0) is 14.5. The SMILES string of the molecule is Brc1ccc(CN2CCC(NCc3cc[nH]c3)CC2)cc1. The fourth-order valence-corrected chi connectivity index (χ4v) is 3.14. The second-order valence-corrected chi connectivity index (χ2v) is 6.69. The number of aromatic amines is 1. The van der Waals surface area contributed by atoms with Crippen molar-refractivity contribution in [2.45, 2.75) is 32.0 Å². The van der Waals surface area contributed by atoms with Gasteiger partial charge in [0.2, 0.25) is 0 Å². The van der Waals surface area contributed by atoms with E-state index in [9.17, 15) is 0 Å². The molecule has 0 saturated carbocycles. The van der Waals surface area contributed by atoms with Crippen LogP contribution in [0.1, 0.15) is 24.0 Å². The average Bonchev–Trinajstić information content (AvgIpc) is 3.02. The number of hydrogen-bond acceptors (Lipinski definition) is 2. The maximum atomic E-state index is 3.66. The first-order chi connectivity index (χ1) is 10.3. The van der Waals surface area contributed by atoms with E-state index in [1.807, 2.05) is 6.20 Å². The molecular formula is C17H22BrN3. The average molecular weight is 348 g/mol. The number of nitrogens with one attached hydrogen (secondary N) is 2. The molecule has 2 N–H and O–H groups in total. The smallest absolute Gasteiger partial charge is 0.0233 e. The zero-order valence-corrected chi connectivity index (χ0v) is 13.8. The number of aromatic nitrogens is 1. The molecule has 112 valence electrons. The van der Waals surface area contributed by atoms with Crippen molar-refractivity contribution >= 4 is 15.9 Å². The second-order valence-electron chi connectivity index (χ2n) is 5.78. The summed E-state index contributed by atoms with van der Waals surface area (Å²) in [5.74, 6) is 0. The largest absolute Gasteiger partial charge is 0.367 e. The predicted octanol–water partition coefficient (Wildman–Crippen LogP) is 3.53. The summed E-state index contributed by atoms with van der Waals surface area (Å²) in [4.78, 5) is 5.66. The van der Waals surface area contributed by atoms with Gasteiger partial charge < -0.3 is 10.3 Å². The van der Waals surface area contributed by atoms with E-state index in [1.165, 1.54) is 37.1 Å². The molecule has 21 heavy (non-hydrogen) atoms. The number of hydrogen-bond donors (Lipinski definition) is 2. The Morgan fingerprint density at radius 2 is 1.86 bits per heavy atom. The van der Waals surface area contributed by atoms with Crippen molar-refractivity contribution in [2.75, 3.05) is 13.1 Å². The molecule has 0 amide bonds. The number of rotatable bonds is 5. The number of likely N-dealkylation sites (tertiary alicyclic amines) is 1. The third kappa shape index (κ3) is 4.43. The molecule has 1 fully saturated rings. The lowest BCUT2D eigenvalue weighted by Gasteiger charge is -2.32. The molecule has 1 saturated heterocycles. The first-order valence-corrected chi connectivity index (χ1v) is 8.41. The highest BCUT2D eigenvalue weighted by Gasteiger charge is 2.18. The number of H-pyrrole nitrogens is 1. The lowest BCUT2D eigenvalue weighted by molar-refractivity contribution is 0.190. The van der Waals surface area contributed by atoms with Gasteiger partial charge in [-0.3, -0.25) is 4.90 Å². The quantitative estimate of drug-likeness (QED) is 0.866. The Balaban J connectivity index is 1.41. The lowest BCUT2D eigenvalue weighted by atomic mass is 10.0. The van der Waals surface area contributed by atoms with Crippen LogP contribution in [-0.2, 0) is 13.1 Å². The van der Waals surface area contributed by atoms with E-state index in [0.29, 0.717) is 6.04 Å². The van der Waals surface area contributed by atoms with Gasteiger partial charge >= 0.3 is 0 Å². The van der Waals surface area contributed by atoms with Crippen LogP contribution in [0.5, 0.6) is 0 Å². The van der Waals surface area contributed by atoms with Crippen molar-refractivity contribution < 1.29 is 0 Å². The van der Waals surface area contributed by atoms with Gasteiger partial charge in [0.1, 0.15) is 0 Å². The fourth-order valence-electron chi connectivity index (χ4n) is 2.87. The molecule has 0 spiro atoms. The van der Waals surface area contributed by atoms with Crippen LogP contribution in [0.25, 0.3) is 0 Å². The van der Waals surface area contributed by atoms with E-state index in [-0.39, 0.29) is 0 Å². The Bertz CT molecular complexity index is 528. The van der Waals surface area contributed by atoms with E-state index in [4.69, 9.17) is 0 Å². The van der Waals surface area contributed by atoms with Crippen molar-refractivity contribution in [3.8, 4) is 0 Å².